The van der Waals surface area contributed by atoms with Gasteiger partial charge < -0.3 is 19.5 Å². The zero-order valence-corrected chi connectivity index (χ0v) is 33.7. The van der Waals surface area contributed by atoms with Crippen molar-refractivity contribution in [3.8, 4) is 5.75 Å². The molecule has 0 saturated carbocycles. The number of hydrogen-bond acceptors (Lipinski definition) is 15. The van der Waals surface area contributed by atoms with Crippen LogP contribution in [0.1, 0.15) is 32.0 Å². The van der Waals surface area contributed by atoms with Gasteiger partial charge in [-0.05, 0) is 47.2 Å². The van der Waals surface area contributed by atoms with E-state index in [1.165, 1.54) is 26.4 Å². The Morgan fingerprint density at radius 1 is 0.727 bits per heavy atom. The van der Waals surface area contributed by atoms with E-state index in [1.807, 2.05) is 6.21 Å². The van der Waals surface area contributed by atoms with E-state index in [4.69, 9.17) is 25.8 Å². The number of aromatic nitrogens is 4. The minimum absolute atomic E-state index is 0.601. The van der Waals surface area contributed by atoms with Gasteiger partial charge in [0, 0.05) is 94.5 Å². The molecule has 9 heterocycles. The summed E-state index contributed by atoms with van der Waals surface area (Å²) in [6.45, 7) is 17.0. The maximum Gasteiger partial charge on any atom is 0.142 e. The number of hydrogen-bond donors (Lipinski definition) is 1. The molecule has 5 aliphatic rings. The van der Waals surface area contributed by atoms with Crippen LogP contribution in [0.25, 0.3) is 20.4 Å². The fraction of sp³-hybridized carbons (Fsp3) is 0.513. The highest BCUT2D eigenvalue weighted by atomic mass is 35.5. The predicted molar refractivity (Wildman–Crippen MR) is 220 cm³/mol. The van der Waals surface area contributed by atoms with Crippen LogP contribution in [0, 0.1) is 0 Å². The van der Waals surface area contributed by atoms with Gasteiger partial charge in [0.05, 0.1) is 56.5 Å². The summed E-state index contributed by atoms with van der Waals surface area (Å²) in [4.78, 5) is 37.1. The Kier molecular flexibility index (Phi) is 11.5. The van der Waals surface area contributed by atoms with Crippen LogP contribution < -0.4 is 10.1 Å². The molecule has 0 aliphatic carbocycles. The SMILES string of the molecule is COc1cc2c(cc1Nc1ncnc3sc4c(c13)CCN(CCN1CCOCC1)C4)C=NC2.Clc1ncnc2sc3c(c12)CCN(CCN1CCOCC1)C3. The van der Waals surface area contributed by atoms with Gasteiger partial charge in [0.25, 0.3) is 0 Å². The Morgan fingerprint density at radius 3 is 1.95 bits per heavy atom. The van der Waals surface area contributed by atoms with Crippen molar-refractivity contribution >= 4 is 72.4 Å². The Bertz CT molecular complexity index is 2170. The third-order valence-corrected chi connectivity index (χ3v) is 13.8. The summed E-state index contributed by atoms with van der Waals surface area (Å²) < 4.78 is 16.5. The largest absolute Gasteiger partial charge is 0.495 e. The zero-order chi connectivity index (χ0) is 37.1. The predicted octanol–water partition coefficient (Wildman–Crippen LogP) is 5.10. The molecule has 5 aromatic rings. The van der Waals surface area contributed by atoms with Gasteiger partial charge in [-0.25, -0.2) is 19.9 Å². The van der Waals surface area contributed by atoms with Crippen LogP contribution in [0.4, 0.5) is 11.5 Å². The van der Waals surface area contributed by atoms with Crippen molar-refractivity contribution in [2.24, 2.45) is 4.99 Å². The van der Waals surface area contributed by atoms with Crippen molar-refractivity contribution in [3.63, 3.8) is 0 Å². The van der Waals surface area contributed by atoms with Gasteiger partial charge in [-0.2, -0.15) is 0 Å². The molecule has 13 nitrogen and oxygen atoms in total. The summed E-state index contributed by atoms with van der Waals surface area (Å²) in [6.07, 6.45) is 7.21. The van der Waals surface area contributed by atoms with Crippen LogP contribution in [0.5, 0.6) is 5.75 Å². The summed E-state index contributed by atoms with van der Waals surface area (Å²) in [5.41, 5.74) is 5.99. The third-order valence-electron chi connectivity index (χ3n) is 11.3. The molecule has 0 amide bonds. The van der Waals surface area contributed by atoms with E-state index < -0.39 is 0 Å². The molecule has 55 heavy (non-hydrogen) atoms. The van der Waals surface area contributed by atoms with Crippen LogP contribution in [-0.2, 0) is 41.9 Å². The van der Waals surface area contributed by atoms with Crippen LogP contribution >= 0.6 is 34.3 Å². The van der Waals surface area contributed by atoms with E-state index in [0.717, 1.165) is 161 Å². The number of ether oxygens (including phenoxy) is 3. The van der Waals surface area contributed by atoms with E-state index in [1.54, 1.807) is 42.4 Å². The molecule has 290 valence electrons. The number of benzene rings is 1. The number of thiophene rings is 2. The van der Waals surface area contributed by atoms with Gasteiger partial charge in [-0.3, -0.25) is 24.6 Å². The average molecular weight is 803 g/mol. The molecule has 0 unspecified atom stereocenters. The summed E-state index contributed by atoms with van der Waals surface area (Å²) >= 11 is 9.83. The standard InChI is InChI=1S/C24H28N6O2S.C15H19ClN4OS/c1-31-20-11-17-13-25-12-16(17)10-19(20)28-23-22-18-2-3-30(5-4-29-6-8-32-9-7-29)14-21(18)33-24(22)27-15-26-23;16-14-13-11-1-2-20(4-3-19-5-7-21-8-6-19)9-12(11)22-15(13)18-10-17-14/h10-12,15H,2-9,13-14H2,1H3,(H,26,27,28);10H,1-9H2. The molecule has 2 fully saturated rings. The second-order valence-electron chi connectivity index (χ2n) is 14.6. The molecular formula is C39H47ClN10O3S2. The lowest BCUT2D eigenvalue weighted by molar-refractivity contribution is 0.0327. The first-order valence-electron chi connectivity index (χ1n) is 19.3. The Balaban J connectivity index is 0.000000157. The first-order chi connectivity index (χ1) is 27.1. The number of methoxy groups -OCH3 is 1. The molecular weight excluding hydrogens is 756 g/mol. The molecule has 0 spiro atoms. The van der Waals surface area contributed by atoms with Gasteiger partial charge in [-0.1, -0.05) is 11.6 Å². The monoisotopic (exact) mass is 802 g/mol. The number of anilines is 2. The minimum Gasteiger partial charge on any atom is -0.495 e. The summed E-state index contributed by atoms with van der Waals surface area (Å²) in [6, 6.07) is 4.17. The average Bonchev–Trinajstić information content (AvgIpc) is 3.95. The highest BCUT2D eigenvalue weighted by Crippen LogP contribution is 2.40. The number of nitrogens with one attached hydrogen (secondary N) is 1. The maximum atomic E-state index is 6.26. The smallest absolute Gasteiger partial charge is 0.142 e. The number of morpholine rings is 2. The van der Waals surface area contributed by atoms with Crippen LogP contribution in [0.15, 0.2) is 29.8 Å². The van der Waals surface area contributed by atoms with Crippen molar-refractivity contribution in [1.82, 2.24) is 39.5 Å². The van der Waals surface area contributed by atoms with Crippen molar-refractivity contribution in [1.29, 1.82) is 0 Å². The fourth-order valence-corrected chi connectivity index (χ4v) is 10.9. The number of nitrogens with zero attached hydrogens (tertiary/aromatic N) is 9. The third kappa shape index (κ3) is 8.22. The van der Waals surface area contributed by atoms with Crippen molar-refractivity contribution in [3.05, 3.63) is 61.9 Å². The Hall–Kier alpha value is -3.38. The van der Waals surface area contributed by atoms with Crippen LogP contribution in [-0.4, -0.2) is 145 Å². The van der Waals surface area contributed by atoms with E-state index in [9.17, 15) is 0 Å². The van der Waals surface area contributed by atoms with Crippen LogP contribution in [0.3, 0.4) is 0 Å². The zero-order valence-electron chi connectivity index (χ0n) is 31.3. The van der Waals surface area contributed by atoms with E-state index in [0.29, 0.717) is 11.7 Å². The summed E-state index contributed by atoms with van der Waals surface area (Å²) in [5.74, 6) is 1.66. The lowest BCUT2D eigenvalue weighted by atomic mass is 10.0. The molecule has 10 rings (SSSR count). The molecule has 0 radical (unpaired) electrons. The molecule has 5 aliphatic heterocycles. The van der Waals surface area contributed by atoms with E-state index >= 15 is 0 Å². The second kappa shape index (κ2) is 17.0. The Morgan fingerprint density at radius 2 is 1.31 bits per heavy atom. The number of rotatable bonds is 9. The van der Waals surface area contributed by atoms with Gasteiger partial charge in [0.1, 0.15) is 39.0 Å². The lowest BCUT2D eigenvalue weighted by Crippen LogP contribution is -2.42. The molecule has 0 bridgehead atoms. The lowest BCUT2D eigenvalue weighted by Gasteiger charge is -2.31. The summed E-state index contributed by atoms with van der Waals surface area (Å²) in [5, 5.41) is 6.38. The van der Waals surface area contributed by atoms with Gasteiger partial charge in [0.15, 0.2) is 0 Å². The normalized spacial score (nSPS) is 19.2. The highest BCUT2D eigenvalue weighted by Gasteiger charge is 2.26. The first-order valence-corrected chi connectivity index (χ1v) is 21.3. The van der Waals surface area contributed by atoms with Crippen molar-refractivity contribution < 1.29 is 14.2 Å². The highest BCUT2D eigenvalue weighted by molar-refractivity contribution is 7.19. The van der Waals surface area contributed by atoms with Crippen LogP contribution in [0.2, 0.25) is 5.15 Å². The maximum absolute atomic E-state index is 6.26. The number of aliphatic imine (C=N–C) groups is 1. The molecule has 1 N–H and O–H groups in total. The van der Waals surface area contributed by atoms with Gasteiger partial charge >= 0.3 is 0 Å². The number of halogens is 1. The van der Waals surface area contributed by atoms with Crippen molar-refractivity contribution in [2.45, 2.75) is 32.5 Å². The molecule has 1 aromatic carbocycles. The van der Waals surface area contributed by atoms with Crippen molar-refractivity contribution in [2.75, 3.05) is 104 Å². The van der Waals surface area contributed by atoms with Gasteiger partial charge in [0.2, 0.25) is 0 Å². The quantitative estimate of drug-likeness (QED) is 0.200. The van der Waals surface area contributed by atoms with E-state index in [-0.39, 0.29) is 0 Å². The minimum atomic E-state index is 0.601. The molecule has 0 atom stereocenters. The second-order valence-corrected chi connectivity index (χ2v) is 17.1. The molecule has 4 aromatic heterocycles. The first kappa shape index (κ1) is 37.2. The fourth-order valence-electron chi connectivity index (χ4n) is 8.15. The molecule has 2 saturated heterocycles. The van der Waals surface area contributed by atoms with E-state index in [2.05, 4.69) is 62.0 Å². The summed E-state index contributed by atoms with van der Waals surface area (Å²) in [7, 11) is 1.70. The topological polar surface area (TPSA) is 117 Å². The van der Waals surface area contributed by atoms with Gasteiger partial charge in [-0.15, -0.1) is 22.7 Å². The molecule has 16 heteroatoms. The number of fused-ring (bicyclic) bond motifs is 7. The Labute approximate surface area is 334 Å².